The summed E-state index contributed by atoms with van der Waals surface area (Å²) in [5.41, 5.74) is 10.6. The summed E-state index contributed by atoms with van der Waals surface area (Å²) >= 11 is 0. The highest BCUT2D eigenvalue weighted by atomic mass is 17.0. The smallest absolute Gasteiger partial charge is 0.508 e. The summed E-state index contributed by atoms with van der Waals surface area (Å²) in [5, 5.41) is 40.8. The van der Waals surface area contributed by atoms with E-state index in [-0.39, 0.29) is 23.0 Å². The molecule has 0 atom stereocenters. The zero-order chi connectivity index (χ0) is 52.7. The van der Waals surface area contributed by atoms with E-state index in [4.69, 9.17) is 18.9 Å². The van der Waals surface area contributed by atoms with Crippen LogP contribution in [-0.4, -0.2) is 26.6 Å². The van der Waals surface area contributed by atoms with Crippen LogP contribution in [0.5, 0.6) is 46.0 Å². The molecule has 0 aromatic heterocycles. The molecule has 0 unspecified atom stereocenters. The van der Waals surface area contributed by atoms with Crippen LogP contribution < -0.4 is 18.9 Å². The Balaban J connectivity index is 1.22. The topological polar surface area (TPSA) is 118 Å². The lowest BCUT2D eigenvalue weighted by atomic mass is 9.76. The highest BCUT2D eigenvalue weighted by molar-refractivity contribution is 5.50. The number of phenolic OH excluding ortho intramolecular Hbond substituents is 4. The van der Waals surface area contributed by atoms with E-state index in [1.165, 1.54) is 0 Å². The van der Waals surface area contributed by atoms with E-state index >= 15 is 0 Å². The summed E-state index contributed by atoms with van der Waals surface area (Å²) in [4.78, 5) is 0. The van der Waals surface area contributed by atoms with Gasteiger partial charge in [0.2, 0.25) is 0 Å². The van der Waals surface area contributed by atoms with Gasteiger partial charge in [-0.15, -0.1) is 0 Å². The Morgan fingerprint density at radius 2 is 0.438 bits per heavy atom. The normalized spacial score (nSPS) is 12.3. The fraction of sp³-hybridized carbons (Fsp3) is 0.262. The van der Waals surface area contributed by atoms with Crippen LogP contribution in [0.15, 0.2) is 170 Å². The standard InChI is InChI=1S/C65H68O8/c1-41-37-49(66)21-33-57(41)61(5,6)45-13-25-53(26-14-45)70-65(71-54-27-15-46(16-28-54)62(7,8)58-34-22-50(67)38-42(58)2,72-55-29-17-47(18-30-55)63(9,10)59-35-23-51(68)39-43(59)3)73-56-31-19-48(20-32-56)64(11,12)60-36-24-52(69)40-44(60)4/h13-40,66-69H,1-12H3. The second kappa shape index (κ2) is 19.6. The third-order valence-corrected chi connectivity index (χ3v) is 14.8. The number of rotatable bonds is 16. The second-order valence-electron chi connectivity index (χ2n) is 21.5. The maximum Gasteiger partial charge on any atom is 0.611 e. The SMILES string of the molecule is Cc1cc(O)ccc1C(C)(C)c1ccc(OC(Oc2ccc(C(C)(C)c3ccc(O)cc3C)cc2)(Oc2ccc(C(C)(C)c3ccc(O)cc3C)cc2)Oc2ccc(C(C)(C)c3ccc(O)cc3C)cc2)cc1. The number of hydrogen-bond donors (Lipinski definition) is 4. The van der Waals surface area contributed by atoms with Crippen LogP contribution in [0.25, 0.3) is 0 Å². The van der Waals surface area contributed by atoms with E-state index in [0.29, 0.717) is 23.0 Å². The predicted molar refractivity (Wildman–Crippen MR) is 291 cm³/mol. The number of aromatic hydroxyl groups is 4. The average molecular weight is 977 g/mol. The van der Waals surface area contributed by atoms with Gasteiger partial charge in [-0.25, -0.2) is 0 Å². The lowest BCUT2D eigenvalue weighted by Gasteiger charge is -2.34. The molecule has 8 rings (SSSR count). The molecule has 0 bridgehead atoms. The molecule has 4 N–H and O–H groups in total. The van der Waals surface area contributed by atoms with Crippen LogP contribution in [-0.2, 0) is 21.7 Å². The van der Waals surface area contributed by atoms with Gasteiger partial charge < -0.3 is 39.4 Å². The fourth-order valence-corrected chi connectivity index (χ4v) is 10.5. The Morgan fingerprint density at radius 3 is 0.603 bits per heavy atom. The Morgan fingerprint density at radius 1 is 0.260 bits per heavy atom. The molecule has 0 fully saturated rings. The lowest BCUT2D eigenvalue weighted by molar-refractivity contribution is -0.367. The van der Waals surface area contributed by atoms with Gasteiger partial charge in [-0.1, -0.05) is 128 Å². The number of aryl methyl sites for hydroxylation is 4. The van der Waals surface area contributed by atoms with Crippen molar-refractivity contribution in [3.8, 4) is 46.0 Å². The van der Waals surface area contributed by atoms with Gasteiger partial charge in [0, 0.05) is 21.7 Å². The predicted octanol–water partition coefficient (Wildman–Crippen LogP) is 15.3. The van der Waals surface area contributed by atoms with Gasteiger partial charge in [0.25, 0.3) is 0 Å². The Bertz CT molecular complexity index is 2800. The van der Waals surface area contributed by atoms with Gasteiger partial charge in [0.1, 0.15) is 46.0 Å². The van der Waals surface area contributed by atoms with Crippen molar-refractivity contribution >= 4 is 0 Å². The van der Waals surface area contributed by atoms with E-state index in [2.05, 4.69) is 55.4 Å². The lowest BCUT2D eigenvalue weighted by Crippen LogP contribution is -2.53. The molecule has 0 saturated heterocycles. The average Bonchev–Trinajstić information content (AvgIpc) is 3.32. The number of benzene rings is 8. The van der Waals surface area contributed by atoms with Crippen molar-refractivity contribution in [3.63, 3.8) is 0 Å². The van der Waals surface area contributed by atoms with Gasteiger partial charge in [-0.3, -0.25) is 0 Å². The van der Waals surface area contributed by atoms with E-state index < -0.39 is 27.8 Å². The Kier molecular flexibility index (Phi) is 13.9. The van der Waals surface area contributed by atoms with Crippen LogP contribution in [0.4, 0.5) is 0 Å². The van der Waals surface area contributed by atoms with Crippen molar-refractivity contribution in [1.29, 1.82) is 0 Å². The van der Waals surface area contributed by atoms with Crippen LogP contribution >= 0.6 is 0 Å². The van der Waals surface area contributed by atoms with Crippen molar-refractivity contribution in [2.24, 2.45) is 0 Å². The monoisotopic (exact) mass is 976 g/mol. The molecular weight excluding hydrogens is 909 g/mol. The summed E-state index contributed by atoms with van der Waals surface area (Å²) in [6.45, 7) is 25.2. The first-order valence-corrected chi connectivity index (χ1v) is 24.8. The number of hydrogen-bond acceptors (Lipinski definition) is 8. The van der Waals surface area contributed by atoms with Crippen molar-refractivity contribution in [3.05, 3.63) is 237 Å². The van der Waals surface area contributed by atoms with Gasteiger partial charge in [0.05, 0.1) is 0 Å². The van der Waals surface area contributed by atoms with E-state index in [0.717, 1.165) is 66.8 Å². The van der Waals surface area contributed by atoms with Gasteiger partial charge in [-0.05, 0) is 192 Å². The van der Waals surface area contributed by atoms with Crippen molar-refractivity contribution in [1.82, 2.24) is 0 Å². The largest absolute Gasteiger partial charge is 0.611 e. The number of phenols is 4. The van der Waals surface area contributed by atoms with Gasteiger partial charge >= 0.3 is 6.16 Å². The molecule has 0 radical (unpaired) electrons. The second-order valence-corrected chi connectivity index (χ2v) is 21.5. The summed E-state index contributed by atoms with van der Waals surface area (Å²) in [5.74, 6) is 2.51. The molecule has 0 spiro atoms. The zero-order valence-corrected chi connectivity index (χ0v) is 44.1. The first-order chi connectivity index (χ1) is 34.4. The summed E-state index contributed by atoms with van der Waals surface area (Å²) < 4.78 is 27.7. The molecule has 0 aliphatic heterocycles. The maximum absolute atomic E-state index is 10.2. The van der Waals surface area contributed by atoms with Crippen molar-refractivity contribution in [2.75, 3.05) is 0 Å². The fourth-order valence-electron chi connectivity index (χ4n) is 10.5. The van der Waals surface area contributed by atoms with E-state index in [1.807, 2.05) is 149 Å². The molecule has 8 nitrogen and oxygen atoms in total. The highest BCUT2D eigenvalue weighted by Gasteiger charge is 2.44. The Labute approximate surface area is 431 Å². The van der Waals surface area contributed by atoms with E-state index in [1.54, 1.807) is 48.5 Å². The molecular formula is C65H68O8. The minimum Gasteiger partial charge on any atom is -0.508 e. The van der Waals surface area contributed by atoms with Crippen LogP contribution in [0, 0.1) is 27.7 Å². The molecule has 0 amide bonds. The molecule has 73 heavy (non-hydrogen) atoms. The van der Waals surface area contributed by atoms with Crippen molar-refractivity contribution < 1.29 is 39.4 Å². The van der Waals surface area contributed by atoms with E-state index in [9.17, 15) is 20.4 Å². The summed E-state index contributed by atoms with van der Waals surface area (Å²) in [7, 11) is 0. The number of ether oxygens (including phenoxy) is 4. The Hall–Kier alpha value is -7.84. The minimum absolute atomic E-state index is 0.222. The molecule has 376 valence electrons. The van der Waals surface area contributed by atoms with Gasteiger partial charge in [0.15, 0.2) is 0 Å². The molecule has 0 aliphatic carbocycles. The summed E-state index contributed by atoms with van der Waals surface area (Å²) in [6.07, 6.45) is -2.26. The molecule has 0 saturated carbocycles. The zero-order valence-electron chi connectivity index (χ0n) is 44.1. The summed E-state index contributed by atoms with van der Waals surface area (Å²) in [6, 6.07) is 52.9. The first kappa shape index (κ1) is 51.5. The molecule has 8 heteroatoms. The maximum atomic E-state index is 10.2. The minimum atomic E-state index is -2.26. The molecule has 8 aromatic rings. The molecule has 0 heterocycles. The molecule has 8 aromatic carbocycles. The van der Waals surface area contributed by atoms with Crippen LogP contribution in [0.2, 0.25) is 0 Å². The van der Waals surface area contributed by atoms with Crippen LogP contribution in [0.1, 0.15) is 122 Å². The third kappa shape index (κ3) is 10.7. The van der Waals surface area contributed by atoms with Crippen molar-refractivity contribution in [2.45, 2.75) is 111 Å². The molecule has 0 aliphatic rings. The third-order valence-electron chi connectivity index (χ3n) is 14.8. The highest BCUT2D eigenvalue weighted by Crippen LogP contribution is 2.42. The van der Waals surface area contributed by atoms with Crippen LogP contribution in [0.3, 0.4) is 0 Å². The first-order valence-electron chi connectivity index (χ1n) is 24.8. The quantitative estimate of drug-likeness (QED) is 0.0707. The van der Waals surface area contributed by atoms with Gasteiger partial charge in [-0.2, -0.15) is 0 Å².